The summed E-state index contributed by atoms with van der Waals surface area (Å²) in [7, 11) is 0. The number of nitrogens with one attached hydrogen (secondary N) is 1. The van der Waals surface area contributed by atoms with E-state index in [1.165, 1.54) is 18.3 Å². The van der Waals surface area contributed by atoms with E-state index >= 15 is 0 Å². The van der Waals surface area contributed by atoms with Gasteiger partial charge < -0.3 is 5.32 Å². The lowest BCUT2D eigenvalue weighted by Crippen LogP contribution is -2.15. The van der Waals surface area contributed by atoms with Gasteiger partial charge in [0.05, 0.1) is 11.3 Å². The molecule has 0 radical (unpaired) electrons. The lowest BCUT2D eigenvalue weighted by atomic mass is 10.2. The van der Waals surface area contributed by atoms with Gasteiger partial charge in [0.2, 0.25) is 0 Å². The van der Waals surface area contributed by atoms with E-state index in [1.54, 1.807) is 12.1 Å². The predicted molar refractivity (Wildman–Crippen MR) is 71.0 cm³/mol. The molecule has 19 heavy (non-hydrogen) atoms. The Labute approximate surface area is 117 Å². The zero-order valence-corrected chi connectivity index (χ0v) is 11.1. The maximum Gasteiger partial charge on any atom is 0.275 e. The summed E-state index contributed by atoms with van der Waals surface area (Å²) < 4.78 is 13.5. The Balaban J connectivity index is 2.30. The summed E-state index contributed by atoms with van der Waals surface area (Å²) in [5, 5.41) is 11.4. The van der Waals surface area contributed by atoms with Crippen LogP contribution in [0.1, 0.15) is 16.1 Å². The molecule has 2 rings (SSSR count). The van der Waals surface area contributed by atoms with E-state index < -0.39 is 11.7 Å². The number of rotatable bonds is 2. The molecule has 1 N–H and O–H groups in total. The number of carbonyl (C=O) groups excluding carboxylic acids is 1. The second-order valence-corrected chi connectivity index (χ2v) is 4.44. The molecule has 0 saturated carbocycles. The van der Waals surface area contributed by atoms with Crippen molar-refractivity contribution in [3.63, 3.8) is 0 Å². The van der Waals surface area contributed by atoms with Crippen molar-refractivity contribution < 1.29 is 9.18 Å². The molecule has 0 fully saturated rings. The monoisotopic (exact) mass is 319 g/mol. The van der Waals surface area contributed by atoms with Crippen LogP contribution in [0.4, 0.5) is 10.1 Å². The van der Waals surface area contributed by atoms with Crippen molar-refractivity contribution in [2.45, 2.75) is 0 Å². The van der Waals surface area contributed by atoms with Crippen molar-refractivity contribution >= 4 is 27.5 Å². The number of nitriles is 1. The normalized spacial score (nSPS) is 9.74. The number of amides is 1. The van der Waals surface area contributed by atoms with E-state index in [9.17, 15) is 9.18 Å². The van der Waals surface area contributed by atoms with Crippen LogP contribution in [0.25, 0.3) is 0 Å². The molecule has 0 unspecified atom stereocenters. The summed E-state index contributed by atoms with van der Waals surface area (Å²) in [4.78, 5) is 15.9. The standard InChI is InChI=1S/C13H7BrFN3O/c14-10-2-1-5-17-12(10)13(19)18-11-4-3-9(15)6-8(11)7-16/h1-6H,(H,18,19). The van der Waals surface area contributed by atoms with Gasteiger partial charge >= 0.3 is 0 Å². The quantitative estimate of drug-likeness (QED) is 0.924. The van der Waals surface area contributed by atoms with E-state index in [0.29, 0.717) is 4.47 Å². The van der Waals surface area contributed by atoms with Crippen molar-refractivity contribution in [1.82, 2.24) is 4.98 Å². The first-order chi connectivity index (χ1) is 9.11. The molecule has 94 valence electrons. The van der Waals surface area contributed by atoms with Gasteiger partial charge in [-0.3, -0.25) is 4.79 Å². The third-order valence-electron chi connectivity index (χ3n) is 2.32. The first-order valence-electron chi connectivity index (χ1n) is 5.23. The highest BCUT2D eigenvalue weighted by Crippen LogP contribution is 2.19. The maximum atomic E-state index is 13.0. The first-order valence-corrected chi connectivity index (χ1v) is 6.02. The molecule has 1 aromatic carbocycles. The molecule has 2 aromatic rings. The number of anilines is 1. The molecule has 0 aliphatic heterocycles. The van der Waals surface area contributed by atoms with Gasteiger partial charge in [-0.2, -0.15) is 5.26 Å². The average molecular weight is 320 g/mol. The fourth-order valence-corrected chi connectivity index (χ4v) is 1.89. The molecule has 0 atom stereocenters. The van der Waals surface area contributed by atoms with Crippen molar-refractivity contribution in [3.05, 3.63) is 58.1 Å². The van der Waals surface area contributed by atoms with Crippen LogP contribution in [-0.2, 0) is 0 Å². The number of nitrogens with zero attached hydrogens (tertiary/aromatic N) is 2. The third kappa shape index (κ3) is 2.95. The summed E-state index contributed by atoms with van der Waals surface area (Å²) in [5.41, 5.74) is 0.488. The zero-order chi connectivity index (χ0) is 13.8. The number of aromatic nitrogens is 1. The molecule has 0 saturated heterocycles. The molecule has 6 heteroatoms. The van der Waals surface area contributed by atoms with Gasteiger partial charge in [0.15, 0.2) is 0 Å². The summed E-state index contributed by atoms with van der Waals surface area (Å²) in [6.45, 7) is 0. The van der Waals surface area contributed by atoms with Crippen LogP contribution >= 0.6 is 15.9 Å². The van der Waals surface area contributed by atoms with Gasteiger partial charge in [0, 0.05) is 10.7 Å². The van der Waals surface area contributed by atoms with E-state index in [-0.39, 0.29) is 16.9 Å². The molecule has 1 amide bonds. The zero-order valence-electron chi connectivity index (χ0n) is 9.52. The number of hydrogen-bond acceptors (Lipinski definition) is 3. The summed E-state index contributed by atoms with van der Waals surface area (Å²) in [5.74, 6) is -1.01. The Morgan fingerprint density at radius 3 is 2.89 bits per heavy atom. The van der Waals surface area contributed by atoms with Crippen molar-refractivity contribution in [3.8, 4) is 6.07 Å². The van der Waals surface area contributed by atoms with Gasteiger partial charge in [-0.1, -0.05) is 0 Å². The van der Waals surface area contributed by atoms with Gasteiger partial charge in [0.25, 0.3) is 5.91 Å². The van der Waals surface area contributed by atoms with Gasteiger partial charge in [0.1, 0.15) is 17.6 Å². The minimum Gasteiger partial charge on any atom is -0.319 e. The first kappa shape index (κ1) is 13.2. The highest BCUT2D eigenvalue weighted by Gasteiger charge is 2.13. The van der Waals surface area contributed by atoms with Gasteiger partial charge in [-0.15, -0.1) is 0 Å². The number of carbonyl (C=O) groups is 1. The minimum atomic E-state index is -0.534. The lowest BCUT2D eigenvalue weighted by molar-refractivity contribution is 0.102. The van der Waals surface area contributed by atoms with Gasteiger partial charge in [-0.25, -0.2) is 9.37 Å². The molecule has 4 nitrogen and oxygen atoms in total. The lowest BCUT2D eigenvalue weighted by Gasteiger charge is -2.07. The maximum absolute atomic E-state index is 13.0. The van der Waals surface area contributed by atoms with Crippen LogP contribution in [0.3, 0.4) is 0 Å². The highest BCUT2D eigenvalue weighted by atomic mass is 79.9. The van der Waals surface area contributed by atoms with Crippen LogP contribution in [0, 0.1) is 17.1 Å². The van der Waals surface area contributed by atoms with Crippen LogP contribution in [-0.4, -0.2) is 10.9 Å². The number of hydrogen-bond donors (Lipinski definition) is 1. The van der Waals surface area contributed by atoms with Crippen LogP contribution in [0.2, 0.25) is 0 Å². The number of halogens is 2. The molecule has 1 heterocycles. The summed E-state index contributed by atoms with van der Waals surface area (Å²) >= 11 is 3.21. The Morgan fingerprint density at radius 1 is 1.42 bits per heavy atom. The summed E-state index contributed by atoms with van der Waals surface area (Å²) in [6.07, 6.45) is 1.48. The van der Waals surface area contributed by atoms with Crippen molar-refractivity contribution in [1.29, 1.82) is 5.26 Å². The van der Waals surface area contributed by atoms with E-state index in [4.69, 9.17) is 5.26 Å². The minimum absolute atomic E-state index is 0.0559. The smallest absolute Gasteiger partial charge is 0.275 e. The molecule has 1 aromatic heterocycles. The molecule has 0 aliphatic carbocycles. The van der Waals surface area contributed by atoms with Crippen LogP contribution in [0.15, 0.2) is 41.0 Å². The molecular formula is C13H7BrFN3O. The molecular weight excluding hydrogens is 313 g/mol. The SMILES string of the molecule is N#Cc1cc(F)ccc1NC(=O)c1ncccc1Br. The van der Waals surface area contributed by atoms with Crippen LogP contribution in [0.5, 0.6) is 0 Å². The Hall–Kier alpha value is -2.26. The molecule has 0 bridgehead atoms. The second kappa shape index (κ2) is 5.59. The third-order valence-corrected chi connectivity index (χ3v) is 2.96. The van der Waals surface area contributed by atoms with Crippen molar-refractivity contribution in [2.24, 2.45) is 0 Å². The fourth-order valence-electron chi connectivity index (χ4n) is 1.45. The van der Waals surface area contributed by atoms with Crippen LogP contribution < -0.4 is 5.32 Å². The Bertz CT molecular complexity index is 682. The summed E-state index contributed by atoms with van der Waals surface area (Å²) in [6, 6.07) is 8.74. The Morgan fingerprint density at radius 2 is 2.21 bits per heavy atom. The predicted octanol–water partition coefficient (Wildman–Crippen LogP) is 3.11. The molecule has 0 aliphatic rings. The average Bonchev–Trinajstić information content (AvgIpc) is 2.41. The number of benzene rings is 1. The topological polar surface area (TPSA) is 65.8 Å². The van der Waals surface area contributed by atoms with E-state index in [2.05, 4.69) is 26.2 Å². The van der Waals surface area contributed by atoms with E-state index in [0.717, 1.165) is 6.07 Å². The Kier molecular flexibility index (Phi) is 3.88. The molecule has 0 spiro atoms. The fraction of sp³-hybridized carbons (Fsp3) is 0. The number of pyridine rings is 1. The van der Waals surface area contributed by atoms with E-state index in [1.807, 2.05) is 6.07 Å². The van der Waals surface area contributed by atoms with Gasteiger partial charge in [-0.05, 0) is 46.3 Å². The second-order valence-electron chi connectivity index (χ2n) is 3.59. The largest absolute Gasteiger partial charge is 0.319 e. The highest BCUT2D eigenvalue weighted by molar-refractivity contribution is 9.10. The van der Waals surface area contributed by atoms with Crippen molar-refractivity contribution in [2.75, 3.05) is 5.32 Å².